The van der Waals surface area contributed by atoms with Gasteiger partial charge in [-0.05, 0) is 30.7 Å². The van der Waals surface area contributed by atoms with Crippen LogP contribution in [0.3, 0.4) is 0 Å². The van der Waals surface area contributed by atoms with E-state index in [1.54, 1.807) is 24.3 Å². The number of aryl methyl sites for hydroxylation is 1. The topological polar surface area (TPSA) is 120 Å². The number of hydrogen-bond acceptors (Lipinski definition) is 5. The van der Waals surface area contributed by atoms with Crippen molar-refractivity contribution in [3.8, 4) is 0 Å². The zero-order chi connectivity index (χ0) is 21.3. The van der Waals surface area contributed by atoms with Gasteiger partial charge >= 0.3 is 5.69 Å². The fourth-order valence-electron chi connectivity index (χ4n) is 3.17. The van der Waals surface area contributed by atoms with Gasteiger partial charge in [-0.3, -0.25) is 23.5 Å². The summed E-state index contributed by atoms with van der Waals surface area (Å²) in [5, 5.41) is 5.46. The van der Waals surface area contributed by atoms with E-state index in [2.05, 4.69) is 15.6 Å². The molecule has 2 N–H and O–H groups in total. The van der Waals surface area contributed by atoms with Gasteiger partial charge in [0.25, 0.3) is 5.56 Å². The molecule has 0 saturated carbocycles. The van der Waals surface area contributed by atoms with Crippen LogP contribution in [0.4, 0.5) is 11.4 Å². The minimum absolute atomic E-state index is 0.184. The van der Waals surface area contributed by atoms with Gasteiger partial charge in [0.15, 0.2) is 11.2 Å². The highest BCUT2D eigenvalue weighted by Crippen LogP contribution is 2.20. The summed E-state index contributed by atoms with van der Waals surface area (Å²) in [6.45, 7) is 3.24. The molecule has 2 aromatic heterocycles. The van der Waals surface area contributed by atoms with Gasteiger partial charge in [-0.15, -0.1) is 0 Å². The molecular formula is C19H22N6O4. The first-order valence-corrected chi connectivity index (χ1v) is 9.05. The molecule has 0 aliphatic heterocycles. The molecule has 10 heteroatoms. The normalized spacial score (nSPS) is 12.0. The number of nitrogens with zero attached hydrogens (tertiary/aromatic N) is 4. The molecule has 2 heterocycles. The van der Waals surface area contributed by atoms with Gasteiger partial charge < -0.3 is 15.2 Å². The maximum atomic E-state index is 12.9. The summed E-state index contributed by atoms with van der Waals surface area (Å²) in [5.74, 6) is -0.509. The van der Waals surface area contributed by atoms with Gasteiger partial charge in [0.1, 0.15) is 6.04 Å². The summed E-state index contributed by atoms with van der Waals surface area (Å²) in [7, 11) is 2.91. The Labute approximate surface area is 165 Å². The van der Waals surface area contributed by atoms with E-state index in [9.17, 15) is 19.2 Å². The number of imidazole rings is 1. The first-order valence-electron chi connectivity index (χ1n) is 9.05. The number of anilines is 2. The molecule has 0 fully saturated rings. The Morgan fingerprint density at radius 1 is 1.03 bits per heavy atom. The molecule has 0 aliphatic rings. The molecule has 1 atom stereocenters. The third-order valence-electron chi connectivity index (χ3n) is 4.67. The van der Waals surface area contributed by atoms with Gasteiger partial charge in [0.05, 0.1) is 6.33 Å². The lowest BCUT2D eigenvalue weighted by atomic mass is 10.2. The highest BCUT2D eigenvalue weighted by atomic mass is 16.2. The lowest BCUT2D eigenvalue weighted by Gasteiger charge is -2.17. The SMILES string of the molecule is CCC(C(=O)Nc1ccc(NC(C)=O)cc1)n1cnc2c1c(=O)n(C)c(=O)n2C. The van der Waals surface area contributed by atoms with E-state index in [1.165, 1.54) is 36.5 Å². The molecule has 0 bridgehead atoms. The Hall–Kier alpha value is -3.69. The molecule has 3 rings (SSSR count). The van der Waals surface area contributed by atoms with E-state index in [4.69, 9.17) is 0 Å². The van der Waals surface area contributed by atoms with Crippen LogP contribution in [0.15, 0.2) is 40.2 Å². The van der Waals surface area contributed by atoms with Gasteiger partial charge in [-0.2, -0.15) is 0 Å². The number of aromatic nitrogens is 4. The Bertz CT molecular complexity index is 1200. The summed E-state index contributed by atoms with van der Waals surface area (Å²) in [6.07, 6.45) is 1.81. The van der Waals surface area contributed by atoms with Crippen LogP contribution < -0.4 is 21.9 Å². The molecule has 2 amide bonds. The molecule has 10 nitrogen and oxygen atoms in total. The third kappa shape index (κ3) is 3.68. The van der Waals surface area contributed by atoms with Crippen molar-refractivity contribution in [1.29, 1.82) is 0 Å². The number of amides is 2. The van der Waals surface area contributed by atoms with Crippen molar-refractivity contribution in [1.82, 2.24) is 18.7 Å². The van der Waals surface area contributed by atoms with E-state index in [0.717, 1.165) is 4.57 Å². The maximum absolute atomic E-state index is 12.9. The Kier molecular flexibility index (Phi) is 5.35. The van der Waals surface area contributed by atoms with Crippen molar-refractivity contribution in [2.24, 2.45) is 14.1 Å². The largest absolute Gasteiger partial charge is 0.332 e. The predicted molar refractivity (Wildman–Crippen MR) is 109 cm³/mol. The van der Waals surface area contributed by atoms with Crippen LogP contribution in [0.1, 0.15) is 26.3 Å². The molecule has 29 heavy (non-hydrogen) atoms. The highest BCUT2D eigenvalue weighted by Gasteiger charge is 2.24. The highest BCUT2D eigenvalue weighted by molar-refractivity contribution is 5.95. The molecule has 1 aromatic carbocycles. The number of hydrogen-bond donors (Lipinski definition) is 2. The molecule has 0 saturated heterocycles. The van der Waals surface area contributed by atoms with E-state index in [-0.39, 0.29) is 23.0 Å². The lowest BCUT2D eigenvalue weighted by molar-refractivity contribution is -0.119. The van der Waals surface area contributed by atoms with Gasteiger partial charge in [0.2, 0.25) is 11.8 Å². The number of fused-ring (bicyclic) bond motifs is 1. The first kappa shape index (κ1) is 20.1. The zero-order valence-electron chi connectivity index (χ0n) is 16.6. The number of benzene rings is 1. The predicted octanol–water partition coefficient (Wildman–Crippen LogP) is 0.982. The molecular weight excluding hydrogens is 376 g/mol. The molecule has 0 aliphatic carbocycles. The maximum Gasteiger partial charge on any atom is 0.332 e. The average molecular weight is 398 g/mol. The van der Waals surface area contributed by atoms with Crippen molar-refractivity contribution >= 4 is 34.4 Å². The van der Waals surface area contributed by atoms with Crippen molar-refractivity contribution in [3.63, 3.8) is 0 Å². The number of carbonyl (C=O) groups is 2. The smallest absolute Gasteiger partial charge is 0.326 e. The van der Waals surface area contributed by atoms with Crippen LogP contribution >= 0.6 is 0 Å². The minimum Gasteiger partial charge on any atom is -0.326 e. The Morgan fingerprint density at radius 3 is 2.17 bits per heavy atom. The van der Waals surface area contributed by atoms with E-state index in [1.807, 2.05) is 6.92 Å². The number of nitrogens with one attached hydrogen (secondary N) is 2. The summed E-state index contributed by atoms with van der Waals surface area (Å²) >= 11 is 0. The second kappa shape index (κ2) is 7.74. The van der Waals surface area contributed by atoms with Crippen LogP contribution in [0.25, 0.3) is 11.2 Å². The second-order valence-electron chi connectivity index (χ2n) is 6.70. The molecule has 3 aromatic rings. The summed E-state index contributed by atoms with van der Waals surface area (Å²) in [4.78, 5) is 52.9. The first-order chi connectivity index (χ1) is 13.7. The third-order valence-corrected chi connectivity index (χ3v) is 4.67. The van der Waals surface area contributed by atoms with Gasteiger partial charge in [0, 0.05) is 32.4 Å². The summed E-state index contributed by atoms with van der Waals surface area (Å²) < 4.78 is 3.77. The van der Waals surface area contributed by atoms with E-state index < -0.39 is 17.3 Å². The quantitative estimate of drug-likeness (QED) is 0.664. The van der Waals surface area contributed by atoms with Crippen LogP contribution in [-0.4, -0.2) is 30.5 Å². The van der Waals surface area contributed by atoms with Crippen LogP contribution in [0.2, 0.25) is 0 Å². The summed E-state index contributed by atoms with van der Waals surface area (Å²) in [6, 6.07) is 6.00. The van der Waals surface area contributed by atoms with Crippen LogP contribution in [0, 0.1) is 0 Å². The number of rotatable bonds is 5. The molecule has 1 unspecified atom stereocenters. The van der Waals surface area contributed by atoms with Crippen molar-refractivity contribution in [2.75, 3.05) is 10.6 Å². The number of carbonyl (C=O) groups excluding carboxylic acids is 2. The molecule has 0 spiro atoms. The zero-order valence-corrected chi connectivity index (χ0v) is 16.6. The fourth-order valence-corrected chi connectivity index (χ4v) is 3.17. The minimum atomic E-state index is -0.694. The van der Waals surface area contributed by atoms with Crippen molar-refractivity contribution in [2.45, 2.75) is 26.3 Å². The Balaban J connectivity index is 1.94. The van der Waals surface area contributed by atoms with Crippen molar-refractivity contribution < 1.29 is 9.59 Å². The lowest BCUT2D eigenvalue weighted by Crippen LogP contribution is -2.38. The monoisotopic (exact) mass is 398 g/mol. The van der Waals surface area contributed by atoms with E-state index >= 15 is 0 Å². The van der Waals surface area contributed by atoms with Gasteiger partial charge in [-0.25, -0.2) is 9.78 Å². The second-order valence-corrected chi connectivity index (χ2v) is 6.70. The van der Waals surface area contributed by atoms with Gasteiger partial charge in [-0.1, -0.05) is 6.92 Å². The average Bonchev–Trinajstić information content (AvgIpc) is 3.11. The summed E-state index contributed by atoms with van der Waals surface area (Å²) in [5.41, 5.74) is 0.595. The van der Waals surface area contributed by atoms with E-state index in [0.29, 0.717) is 17.8 Å². The van der Waals surface area contributed by atoms with Crippen LogP contribution in [-0.2, 0) is 23.7 Å². The fraction of sp³-hybridized carbons (Fsp3) is 0.316. The molecule has 152 valence electrons. The Morgan fingerprint density at radius 2 is 1.62 bits per heavy atom. The molecule has 0 radical (unpaired) electrons. The van der Waals surface area contributed by atoms with Crippen molar-refractivity contribution in [3.05, 3.63) is 51.4 Å². The van der Waals surface area contributed by atoms with Crippen LogP contribution in [0.5, 0.6) is 0 Å². The standard InChI is InChI=1S/C19H22N6O4/c1-5-14(17(27)22-13-8-6-12(7-9-13)21-11(2)26)25-10-20-16-15(25)18(28)24(4)19(29)23(16)3/h6-10,14H,5H2,1-4H3,(H,21,26)(H,22,27).